The average Bonchev–Trinajstić information content (AvgIpc) is 2.62. The number of carbonyl (C=O) groups is 2. The Hall–Kier alpha value is -1.93. The van der Waals surface area contributed by atoms with Crippen molar-refractivity contribution in [1.29, 1.82) is 0 Å². The Kier molecular flexibility index (Phi) is 6.55. The first kappa shape index (κ1) is 19.4. The monoisotopic (exact) mass is 368 g/mol. The van der Waals surface area contributed by atoms with Crippen molar-refractivity contribution >= 4 is 27.6 Å². The van der Waals surface area contributed by atoms with Gasteiger partial charge in [-0.3, -0.25) is 4.79 Å². The summed E-state index contributed by atoms with van der Waals surface area (Å²) < 4.78 is 30.3. The van der Waals surface area contributed by atoms with Gasteiger partial charge in [0.25, 0.3) is 0 Å². The number of piperidine rings is 1. The molecular formula is C17H24N2O5S. The second-order valence-electron chi connectivity index (χ2n) is 5.89. The van der Waals surface area contributed by atoms with Gasteiger partial charge >= 0.3 is 5.97 Å². The molecule has 1 aliphatic rings. The molecule has 0 saturated carbocycles. The topological polar surface area (TPSA) is 92.8 Å². The van der Waals surface area contributed by atoms with Gasteiger partial charge in [0.2, 0.25) is 15.9 Å². The molecule has 8 heteroatoms. The largest absolute Gasteiger partial charge is 0.462 e. The van der Waals surface area contributed by atoms with E-state index < -0.39 is 21.9 Å². The number of ether oxygens (including phenoxy) is 1. The second-order valence-corrected chi connectivity index (χ2v) is 8.15. The molecule has 0 radical (unpaired) electrons. The van der Waals surface area contributed by atoms with Crippen LogP contribution in [0.5, 0.6) is 0 Å². The summed E-state index contributed by atoms with van der Waals surface area (Å²) in [6.07, 6.45) is 1.29. The van der Waals surface area contributed by atoms with Crippen LogP contribution >= 0.6 is 0 Å². The van der Waals surface area contributed by atoms with E-state index in [9.17, 15) is 18.0 Å². The quantitative estimate of drug-likeness (QED) is 0.774. The molecule has 0 aliphatic carbocycles. The Balaban J connectivity index is 2.04. The van der Waals surface area contributed by atoms with Gasteiger partial charge in [-0.05, 0) is 44.9 Å². The van der Waals surface area contributed by atoms with Crippen molar-refractivity contribution in [3.05, 3.63) is 29.8 Å². The van der Waals surface area contributed by atoms with E-state index in [2.05, 4.69) is 5.32 Å². The molecule has 1 atom stereocenters. The van der Waals surface area contributed by atoms with Crippen LogP contribution in [0.1, 0.15) is 37.0 Å². The highest BCUT2D eigenvalue weighted by Crippen LogP contribution is 2.21. The molecule has 0 bridgehead atoms. The third kappa shape index (κ3) is 5.02. The lowest BCUT2D eigenvalue weighted by Gasteiger charge is -2.30. The van der Waals surface area contributed by atoms with Crippen LogP contribution in [0.4, 0.5) is 5.69 Å². The van der Waals surface area contributed by atoms with Crippen LogP contribution < -0.4 is 5.32 Å². The fourth-order valence-electron chi connectivity index (χ4n) is 2.77. The maximum absolute atomic E-state index is 12.5. The van der Waals surface area contributed by atoms with E-state index >= 15 is 0 Å². The number of hydrogen-bond donors (Lipinski definition) is 1. The summed E-state index contributed by atoms with van der Waals surface area (Å²) in [5.74, 6) is -1.06. The van der Waals surface area contributed by atoms with Crippen LogP contribution in [-0.4, -0.2) is 50.0 Å². The summed E-state index contributed by atoms with van der Waals surface area (Å²) in [5, 5.41) is 2.77. The van der Waals surface area contributed by atoms with Crippen LogP contribution in [-0.2, 0) is 19.6 Å². The van der Waals surface area contributed by atoms with Gasteiger partial charge in [0, 0.05) is 18.8 Å². The van der Waals surface area contributed by atoms with Crippen LogP contribution in [0.3, 0.4) is 0 Å². The Morgan fingerprint density at radius 3 is 2.76 bits per heavy atom. The first-order chi connectivity index (χ1) is 11.9. The second kappa shape index (κ2) is 8.44. The maximum atomic E-state index is 12.5. The number of anilines is 1. The molecule has 1 N–H and O–H groups in total. The summed E-state index contributed by atoms with van der Waals surface area (Å²) in [7, 11) is -3.29. The molecule has 1 aliphatic heterocycles. The zero-order valence-corrected chi connectivity index (χ0v) is 15.3. The normalized spacial score (nSPS) is 18.6. The zero-order valence-electron chi connectivity index (χ0n) is 14.5. The minimum atomic E-state index is -3.29. The van der Waals surface area contributed by atoms with Gasteiger partial charge in [-0.1, -0.05) is 6.07 Å². The number of rotatable bonds is 6. The van der Waals surface area contributed by atoms with Crippen molar-refractivity contribution in [2.75, 3.05) is 30.8 Å². The predicted molar refractivity (Wildman–Crippen MR) is 94.8 cm³/mol. The number of nitrogens with one attached hydrogen (secondary N) is 1. The number of nitrogens with zero attached hydrogens (tertiary/aromatic N) is 1. The lowest BCUT2D eigenvalue weighted by molar-refractivity contribution is -0.120. The molecule has 25 heavy (non-hydrogen) atoms. The van der Waals surface area contributed by atoms with Crippen molar-refractivity contribution < 1.29 is 22.7 Å². The molecule has 1 fully saturated rings. The van der Waals surface area contributed by atoms with Crippen LogP contribution in [0, 0.1) is 5.92 Å². The minimum Gasteiger partial charge on any atom is -0.462 e. The summed E-state index contributed by atoms with van der Waals surface area (Å²) in [6, 6.07) is 6.52. The van der Waals surface area contributed by atoms with Crippen molar-refractivity contribution in [1.82, 2.24) is 4.31 Å². The minimum absolute atomic E-state index is 0.0307. The van der Waals surface area contributed by atoms with Crippen molar-refractivity contribution in [3.8, 4) is 0 Å². The third-order valence-electron chi connectivity index (χ3n) is 4.15. The van der Waals surface area contributed by atoms with Crippen LogP contribution in [0.2, 0.25) is 0 Å². The first-order valence-electron chi connectivity index (χ1n) is 8.43. The standard InChI is InChI=1S/C17H24N2O5S/c1-3-24-17(21)13-7-5-9-15(11-13)18-16(20)14-8-6-10-19(12-14)25(22,23)4-2/h5,7,9,11,14H,3-4,6,8,10,12H2,1-2H3,(H,18,20)/t14-/m1/s1. The Morgan fingerprint density at radius 2 is 2.08 bits per heavy atom. The highest BCUT2D eigenvalue weighted by atomic mass is 32.2. The van der Waals surface area contributed by atoms with Crippen molar-refractivity contribution in [2.24, 2.45) is 5.92 Å². The molecule has 2 rings (SSSR count). The Morgan fingerprint density at radius 1 is 1.32 bits per heavy atom. The first-order valence-corrected chi connectivity index (χ1v) is 10.0. The predicted octanol–water partition coefficient (Wildman–Crippen LogP) is 1.86. The van der Waals surface area contributed by atoms with Gasteiger partial charge in [-0.25, -0.2) is 17.5 Å². The fourth-order valence-corrected chi connectivity index (χ4v) is 3.95. The summed E-state index contributed by atoms with van der Waals surface area (Å²) in [6.45, 7) is 4.25. The fraction of sp³-hybridized carbons (Fsp3) is 0.529. The zero-order chi connectivity index (χ0) is 18.4. The SMILES string of the molecule is CCOC(=O)c1cccc(NC(=O)[C@@H]2CCCN(S(=O)(=O)CC)C2)c1. The van der Waals surface area contributed by atoms with Gasteiger partial charge in [0.1, 0.15) is 0 Å². The van der Waals surface area contributed by atoms with E-state index in [0.29, 0.717) is 30.6 Å². The van der Waals surface area contributed by atoms with E-state index in [-0.39, 0.29) is 24.8 Å². The molecule has 7 nitrogen and oxygen atoms in total. The smallest absolute Gasteiger partial charge is 0.338 e. The molecule has 0 spiro atoms. The summed E-state index contributed by atoms with van der Waals surface area (Å²) >= 11 is 0. The van der Waals surface area contributed by atoms with Crippen LogP contribution in [0.25, 0.3) is 0 Å². The van der Waals surface area contributed by atoms with E-state index in [4.69, 9.17) is 4.74 Å². The Labute approximate surface area is 148 Å². The van der Waals surface area contributed by atoms with E-state index in [0.717, 1.165) is 0 Å². The lowest BCUT2D eigenvalue weighted by Crippen LogP contribution is -2.44. The van der Waals surface area contributed by atoms with Gasteiger partial charge in [0.15, 0.2) is 0 Å². The van der Waals surface area contributed by atoms with Crippen molar-refractivity contribution in [2.45, 2.75) is 26.7 Å². The number of carbonyl (C=O) groups excluding carboxylic acids is 2. The van der Waals surface area contributed by atoms with Crippen LogP contribution in [0.15, 0.2) is 24.3 Å². The number of sulfonamides is 1. The van der Waals surface area contributed by atoms with Gasteiger partial charge < -0.3 is 10.1 Å². The highest BCUT2D eigenvalue weighted by Gasteiger charge is 2.31. The van der Waals surface area contributed by atoms with E-state index in [1.165, 1.54) is 4.31 Å². The van der Waals surface area contributed by atoms with Gasteiger partial charge in [-0.2, -0.15) is 0 Å². The molecule has 1 aromatic rings. The molecular weight excluding hydrogens is 344 g/mol. The number of hydrogen-bond acceptors (Lipinski definition) is 5. The molecule has 1 aromatic carbocycles. The number of amides is 1. The number of benzene rings is 1. The molecule has 1 amide bonds. The third-order valence-corrected chi connectivity index (χ3v) is 6.00. The number of esters is 1. The molecule has 1 saturated heterocycles. The summed E-state index contributed by atoms with van der Waals surface area (Å²) in [4.78, 5) is 24.2. The van der Waals surface area contributed by atoms with Gasteiger partial charge in [0.05, 0.1) is 23.8 Å². The highest BCUT2D eigenvalue weighted by molar-refractivity contribution is 7.89. The maximum Gasteiger partial charge on any atom is 0.338 e. The van der Waals surface area contributed by atoms with Gasteiger partial charge in [-0.15, -0.1) is 0 Å². The molecule has 138 valence electrons. The van der Waals surface area contributed by atoms with E-state index in [1.54, 1.807) is 38.1 Å². The Bertz CT molecular complexity index is 732. The molecule has 1 heterocycles. The molecule has 0 aromatic heterocycles. The van der Waals surface area contributed by atoms with E-state index in [1.807, 2.05) is 0 Å². The average molecular weight is 368 g/mol. The molecule has 0 unspecified atom stereocenters. The summed E-state index contributed by atoms with van der Waals surface area (Å²) in [5.41, 5.74) is 0.851. The van der Waals surface area contributed by atoms with Crippen molar-refractivity contribution in [3.63, 3.8) is 0 Å². The lowest BCUT2D eigenvalue weighted by atomic mass is 9.98.